The lowest BCUT2D eigenvalue weighted by Gasteiger charge is -2.16. The molecule has 110 valence electrons. The lowest BCUT2D eigenvalue weighted by Crippen LogP contribution is -2.29. The number of carbonyl (C=O) groups is 1. The van der Waals surface area contributed by atoms with E-state index < -0.39 is 11.9 Å². The van der Waals surface area contributed by atoms with E-state index in [0.29, 0.717) is 31.0 Å². The van der Waals surface area contributed by atoms with Gasteiger partial charge >= 0.3 is 5.97 Å². The van der Waals surface area contributed by atoms with Gasteiger partial charge in [0.1, 0.15) is 12.4 Å². The van der Waals surface area contributed by atoms with E-state index in [0.717, 1.165) is 0 Å². The van der Waals surface area contributed by atoms with Crippen molar-refractivity contribution in [3.63, 3.8) is 0 Å². The van der Waals surface area contributed by atoms with Crippen molar-refractivity contribution >= 4 is 5.97 Å². The number of hydrogen-bond donors (Lipinski definition) is 1. The normalized spacial score (nSPS) is 18.1. The van der Waals surface area contributed by atoms with Crippen LogP contribution in [0.3, 0.4) is 0 Å². The number of likely N-dealkylation sites (tertiary alicyclic amines) is 1. The topological polar surface area (TPSA) is 49.8 Å². The van der Waals surface area contributed by atoms with E-state index in [9.17, 15) is 13.6 Å². The van der Waals surface area contributed by atoms with Gasteiger partial charge in [0.05, 0.1) is 12.1 Å². The summed E-state index contributed by atoms with van der Waals surface area (Å²) in [4.78, 5) is 12.5. The molecule has 0 unspecified atom stereocenters. The van der Waals surface area contributed by atoms with Crippen LogP contribution in [-0.2, 0) is 0 Å². The SMILES string of the molecule is Cc1cc(OCCN2CCC(F)(F)C2)ccc1C(=O)O. The van der Waals surface area contributed by atoms with Crippen LogP contribution in [0.4, 0.5) is 8.78 Å². The van der Waals surface area contributed by atoms with Crippen LogP contribution in [0.1, 0.15) is 22.3 Å². The third-order valence-corrected chi connectivity index (χ3v) is 3.35. The van der Waals surface area contributed by atoms with Crippen molar-refractivity contribution in [2.24, 2.45) is 0 Å². The summed E-state index contributed by atoms with van der Waals surface area (Å²) in [7, 11) is 0. The number of ether oxygens (including phenoxy) is 1. The molecule has 1 aromatic rings. The molecule has 1 fully saturated rings. The van der Waals surface area contributed by atoms with Gasteiger partial charge in [-0.3, -0.25) is 4.90 Å². The number of rotatable bonds is 5. The van der Waals surface area contributed by atoms with Crippen LogP contribution in [-0.4, -0.2) is 48.1 Å². The zero-order valence-corrected chi connectivity index (χ0v) is 11.2. The number of carboxylic acid groups (broad SMARTS) is 1. The molecule has 4 nitrogen and oxygen atoms in total. The third kappa shape index (κ3) is 3.66. The molecule has 1 saturated heterocycles. The number of alkyl halides is 2. The average Bonchev–Trinajstić information content (AvgIpc) is 2.68. The van der Waals surface area contributed by atoms with Crippen molar-refractivity contribution in [3.05, 3.63) is 29.3 Å². The highest BCUT2D eigenvalue weighted by atomic mass is 19.3. The average molecular weight is 285 g/mol. The number of hydrogen-bond acceptors (Lipinski definition) is 3. The fraction of sp³-hybridized carbons (Fsp3) is 0.500. The number of carboxylic acids is 1. The maximum atomic E-state index is 13.0. The van der Waals surface area contributed by atoms with Crippen LogP contribution < -0.4 is 4.74 Å². The minimum atomic E-state index is -2.58. The largest absolute Gasteiger partial charge is 0.492 e. The van der Waals surface area contributed by atoms with E-state index in [2.05, 4.69) is 0 Å². The van der Waals surface area contributed by atoms with Gasteiger partial charge in [0.15, 0.2) is 0 Å². The Morgan fingerprint density at radius 2 is 2.25 bits per heavy atom. The van der Waals surface area contributed by atoms with Crippen molar-refractivity contribution < 1.29 is 23.4 Å². The highest BCUT2D eigenvalue weighted by Crippen LogP contribution is 2.26. The van der Waals surface area contributed by atoms with Crippen molar-refractivity contribution in [3.8, 4) is 5.75 Å². The number of aryl methyl sites for hydroxylation is 1. The molecule has 1 aliphatic heterocycles. The van der Waals surface area contributed by atoms with E-state index in [1.807, 2.05) is 0 Å². The minimum Gasteiger partial charge on any atom is -0.492 e. The molecule has 20 heavy (non-hydrogen) atoms. The molecule has 1 aromatic carbocycles. The Balaban J connectivity index is 1.83. The van der Waals surface area contributed by atoms with Gasteiger partial charge in [-0.1, -0.05) is 0 Å². The first-order chi connectivity index (χ1) is 9.37. The second-order valence-corrected chi connectivity index (χ2v) is 5.01. The Morgan fingerprint density at radius 1 is 1.50 bits per heavy atom. The Hall–Kier alpha value is -1.69. The molecule has 0 amide bonds. The maximum absolute atomic E-state index is 13.0. The molecular weight excluding hydrogens is 268 g/mol. The zero-order chi connectivity index (χ0) is 14.8. The van der Waals surface area contributed by atoms with Gasteiger partial charge in [0.25, 0.3) is 5.92 Å². The Morgan fingerprint density at radius 3 is 2.80 bits per heavy atom. The number of benzene rings is 1. The molecule has 0 atom stereocenters. The highest BCUT2D eigenvalue weighted by Gasteiger charge is 2.37. The fourth-order valence-electron chi connectivity index (χ4n) is 2.26. The monoisotopic (exact) mass is 285 g/mol. The summed E-state index contributed by atoms with van der Waals surface area (Å²) < 4.78 is 31.4. The van der Waals surface area contributed by atoms with Crippen molar-refractivity contribution in [2.45, 2.75) is 19.3 Å². The maximum Gasteiger partial charge on any atom is 0.335 e. The van der Waals surface area contributed by atoms with Crippen LogP contribution in [0.15, 0.2) is 18.2 Å². The van der Waals surface area contributed by atoms with E-state index in [-0.39, 0.29) is 18.5 Å². The van der Waals surface area contributed by atoms with Crippen molar-refractivity contribution in [1.82, 2.24) is 4.90 Å². The predicted molar refractivity (Wildman–Crippen MR) is 69.6 cm³/mol. The zero-order valence-electron chi connectivity index (χ0n) is 11.2. The second kappa shape index (κ2) is 5.75. The van der Waals surface area contributed by atoms with E-state index in [1.165, 1.54) is 6.07 Å². The molecule has 0 spiro atoms. The molecule has 0 saturated carbocycles. The minimum absolute atomic E-state index is 0.0978. The molecule has 2 rings (SSSR count). The predicted octanol–water partition coefficient (Wildman–Crippen LogP) is 2.41. The van der Waals surface area contributed by atoms with E-state index in [1.54, 1.807) is 24.0 Å². The Kier molecular flexibility index (Phi) is 4.23. The van der Waals surface area contributed by atoms with Gasteiger partial charge in [-0.25, -0.2) is 13.6 Å². The smallest absolute Gasteiger partial charge is 0.335 e. The second-order valence-electron chi connectivity index (χ2n) is 5.01. The summed E-state index contributed by atoms with van der Waals surface area (Å²) in [5, 5.41) is 8.91. The standard InChI is InChI=1S/C14H17F2NO3/c1-10-8-11(2-3-12(10)13(18)19)20-7-6-17-5-4-14(15,16)9-17/h2-3,8H,4-7,9H2,1H3,(H,18,19). The lowest BCUT2D eigenvalue weighted by molar-refractivity contribution is 0.0113. The molecule has 1 heterocycles. The lowest BCUT2D eigenvalue weighted by atomic mass is 10.1. The van der Waals surface area contributed by atoms with Gasteiger partial charge in [-0.15, -0.1) is 0 Å². The summed E-state index contributed by atoms with van der Waals surface area (Å²) in [5.41, 5.74) is 0.847. The third-order valence-electron chi connectivity index (χ3n) is 3.35. The van der Waals surface area contributed by atoms with Gasteiger partial charge < -0.3 is 9.84 Å². The molecule has 0 bridgehead atoms. The Labute approximate surface area is 116 Å². The molecule has 0 aromatic heterocycles. The molecule has 1 aliphatic rings. The van der Waals surface area contributed by atoms with Gasteiger partial charge in [-0.2, -0.15) is 0 Å². The summed E-state index contributed by atoms with van der Waals surface area (Å²) in [6.07, 6.45) is -0.0978. The van der Waals surface area contributed by atoms with Crippen LogP contribution in [0.2, 0.25) is 0 Å². The summed E-state index contributed by atoms with van der Waals surface area (Å²) in [6.45, 7) is 2.61. The summed E-state index contributed by atoms with van der Waals surface area (Å²) >= 11 is 0. The van der Waals surface area contributed by atoms with Crippen LogP contribution >= 0.6 is 0 Å². The number of nitrogens with zero attached hydrogens (tertiary/aromatic N) is 1. The summed E-state index contributed by atoms with van der Waals surface area (Å²) in [5.74, 6) is -3.01. The van der Waals surface area contributed by atoms with Gasteiger partial charge in [0, 0.05) is 19.5 Å². The van der Waals surface area contributed by atoms with Crippen LogP contribution in [0.25, 0.3) is 0 Å². The fourth-order valence-corrected chi connectivity index (χ4v) is 2.26. The summed E-state index contributed by atoms with van der Waals surface area (Å²) in [6, 6.07) is 4.70. The first-order valence-electron chi connectivity index (χ1n) is 6.44. The molecule has 1 N–H and O–H groups in total. The van der Waals surface area contributed by atoms with Crippen molar-refractivity contribution in [1.29, 1.82) is 0 Å². The van der Waals surface area contributed by atoms with Gasteiger partial charge in [-0.05, 0) is 30.7 Å². The van der Waals surface area contributed by atoms with Crippen molar-refractivity contribution in [2.75, 3.05) is 26.2 Å². The highest BCUT2D eigenvalue weighted by molar-refractivity contribution is 5.89. The molecule has 6 heteroatoms. The number of halogens is 2. The van der Waals surface area contributed by atoms with E-state index in [4.69, 9.17) is 9.84 Å². The van der Waals surface area contributed by atoms with E-state index >= 15 is 0 Å². The molecular formula is C14H17F2NO3. The molecule has 0 aliphatic carbocycles. The Bertz CT molecular complexity index is 505. The van der Waals surface area contributed by atoms with Gasteiger partial charge in [0.2, 0.25) is 0 Å². The first-order valence-corrected chi connectivity index (χ1v) is 6.44. The molecule has 0 radical (unpaired) electrons. The van der Waals surface area contributed by atoms with Crippen LogP contribution in [0, 0.1) is 6.92 Å². The van der Waals surface area contributed by atoms with Crippen LogP contribution in [0.5, 0.6) is 5.75 Å². The quantitative estimate of drug-likeness (QED) is 0.902. The number of aromatic carboxylic acids is 1. The first kappa shape index (κ1) is 14.7.